The summed E-state index contributed by atoms with van der Waals surface area (Å²) < 4.78 is 16.3. The van der Waals surface area contributed by atoms with Crippen LogP contribution in [0, 0.1) is 0 Å². The Morgan fingerprint density at radius 2 is 2.08 bits per heavy atom. The van der Waals surface area contributed by atoms with Crippen LogP contribution in [-0.4, -0.2) is 71.5 Å². The predicted molar refractivity (Wildman–Crippen MR) is 95.0 cm³/mol. The summed E-state index contributed by atoms with van der Waals surface area (Å²) >= 11 is 0. The summed E-state index contributed by atoms with van der Waals surface area (Å²) in [5.41, 5.74) is 1.09. The Balaban J connectivity index is 1.83. The van der Waals surface area contributed by atoms with Crippen molar-refractivity contribution in [1.29, 1.82) is 0 Å². The van der Waals surface area contributed by atoms with Gasteiger partial charge in [-0.05, 0) is 24.7 Å². The molecule has 1 aromatic carbocycles. The fourth-order valence-corrected chi connectivity index (χ4v) is 2.60. The SMILES string of the molecule is CN=C(NCc1ccc(OC)c(OC)c1)NCC1CN(C)CCO1. The number of methoxy groups -OCH3 is 2. The Kier molecular flexibility index (Phi) is 7.14. The average Bonchev–Trinajstić information content (AvgIpc) is 2.61. The van der Waals surface area contributed by atoms with Crippen molar-refractivity contribution < 1.29 is 14.2 Å². The van der Waals surface area contributed by atoms with Crippen LogP contribution in [-0.2, 0) is 11.3 Å². The minimum Gasteiger partial charge on any atom is -0.493 e. The number of ether oxygens (including phenoxy) is 3. The van der Waals surface area contributed by atoms with Gasteiger partial charge < -0.3 is 29.7 Å². The highest BCUT2D eigenvalue weighted by atomic mass is 16.5. The Hall–Kier alpha value is -1.99. The van der Waals surface area contributed by atoms with Gasteiger partial charge in [-0.3, -0.25) is 4.99 Å². The molecule has 7 nitrogen and oxygen atoms in total. The van der Waals surface area contributed by atoms with Gasteiger partial charge >= 0.3 is 0 Å². The van der Waals surface area contributed by atoms with Crippen molar-refractivity contribution in [3.05, 3.63) is 23.8 Å². The zero-order chi connectivity index (χ0) is 17.4. The first-order valence-electron chi connectivity index (χ1n) is 8.11. The van der Waals surface area contributed by atoms with E-state index in [-0.39, 0.29) is 6.10 Å². The van der Waals surface area contributed by atoms with Crippen molar-refractivity contribution in [1.82, 2.24) is 15.5 Å². The third-order valence-electron chi connectivity index (χ3n) is 3.97. The molecule has 1 aliphatic heterocycles. The van der Waals surface area contributed by atoms with Gasteiger partial charge in [0.05, 0.1) is 26.9 Å². The normalized spacial score (nSPS) is 19.0. The van der Waals surface area contributed by atoms with E-state index < -0.39 is 0 Å². The van der Waals surface area contributed by atoms with Gasteiger partial charge in [-0.25, -0.2) is 0 Å². The first-order chi connectivity index (χ1) is 11.7. The maximum atomic E-state index is 5.74. The van der Waals surface area contributed by atoms with E-state index >= 15 is 0 Å². The number of benzene rings is 1. The lowest BCUT2D eigenvalue weighted by molar-refractivity contribution is -0.0161. The first-order valence-corrected chi connectivity index (χ1v) is 8.11. The topological polar surface area (TPSA) is 67.4 Å². The first kappa shape index (κ1) is 18.4. The van der Waals surface area contributed by atoms with Gasteiger partial charge in [0, 0.05) is 33.2 Å². The standard InChI is InChI=1S/C17H28N4O3/c1-18-17(20-11-14-12-21(2)7-8-24-14)19-10-13-5-6-15(22-3)16(9-13)23-4/h5-6,9,14H,7-8,10-12H2,1-4H3,(H2,18,19,20). The quantitative estimate of drug-likeness (QED) is 0.589. The van der Waals surface area contributed by atoms with E-state index in [1.165, 1.54) is 0 Å². The van der Waals surface area contributed by atoms with Crippen LogP contribution in [0.4, 0.5) is 0 Å². The molecule has 1 atom stereocenters. The number of likely N-dealkylation sites (N-methyl/N-ethyl adjacent to an activating group) is 1. The van der Waals surface area contributed by atoms with Gasteiger partial charge in [0.15, 0.2) is 17.5 Å². The third-order valence-corrected chi connectivity index (χ3v) is 3.97. The molecular formula is C17H28N4O3. The number of hydrogen-bond donors (Lipinski definition) is 2. The van der Waals surface area contributed by atoms with E-state index in [9.17, 15) is 0 Å². The van der Waals surface area contributed by atoms with Crippen molar-refractivity contribution >= 4 is 5.96 Å². The van der Waals surface area contributed by atoms with Gasteiger partial charge in [0.25, 0.3) is 0 Å². The highest BCUT2D eigenvalue weighted by Crippen LogP contribution is 2.27. The van der Waals surface area contributed by atoms with Gasteiger partial charge in [0.2, 0.25) is 0 Å². The second kappa shape index (κ2) is 9.34. The van der Waals surface area contributed by atoms with E-state index in [1.807, 2.05) is 18.2 Å². The summed E-state index contributed by atoms with van der Waals surface area (Å²) in [6.07, 6.45) is 0.184. The van der Waals surface area contributed by atoms with Gasteiger partial charge in [0.1, 0.15) is 0 Å². The Bertz CT molecular complexity index is 551. The Morgan fingerprint density at radius 1 is 1.29 bits per heavy atom. The highest BCUT2D eigenvalue weighted by molar-refractivity contribution is 5.79. The molecule has 2 rings (SSSR count). The molecule has 1 fully saturated rings. The maximum Gasteiger partial charge on any atom is 0.191 e. The molecule has 0 radical (unpaired) electrons. The van der Waals surface area contributed by atoms with Gasteiger partial charge in [-0.15, -0.1) is 0 Å². The van der Waals surface area contributed by atoms with Crippen LogP contribution in [0.1, 0.15) is 5.56 Å². The summed E-state index contributed by atoms with van der Waals surface area (Å²) in [5.74, 6) is 2.20. The van der Waals surface area contributed by atoms with E-state index in [1.54, 1.807) is 21.3 Å². The average molecular weight is 336 g/mol. The fraction of sp³-hybridized carbons (Fsp3) is 0.588. The van der Waals surface area contributed by atoms with Crippen LogP contribution in [0.2, 0.25) is 0 Å². The van der Waals surface area contributed by atoms with Crippen molar-refractivity contribution in [3.8, 4) is 11.5 Å². The fourth-order valence-electron chi connectivity index (χ4n) is 2.60. The summed E-state index contributed by atoms with van der Waals surface area (Å²) in [5, 5.41) is 6.61. The minimum atomic E-state index is 0.184. The molecule has 0 spiro atoms. The van der Waals surface area contributed by atoms with Crippen LogP contribution >= 0.6 is 0 Å². The predicted octanol–water partition coefficient (Wildman–Crippen LogP) is 0.699. The lowest BCUT2D eigenvalue weighted by atomic mass is 10.2. The molecule has 1 saturated heterocycles. The molecular weight excluding hydrogens is 308 g/mol. The molecule has 0 amide bonds. The van der Waals surface area contributed by atoms with E-state index in [0.717, 1.165) is 49.3 Å². The van der Waals surface area contributed by atoms with Crippen molar-refractivity contribution in [2.45, 2.75) is 12.6 Å². The molecule has 1 heterocycles. The zero-order valence-electron chi connectivity index (χ0n) is 15.0. The Labute approximate surface area is 144 Å². The second-order valence-electron chi connectivity index (χ2n) is 5.75. The molecule has 0 saturated carbocycles. The van der Waals surface area contributed by atoms with Crippen LogP contribution in [0.25, 0.3) is 0 Å². The minimum absolute atomic E-state index is 0.184. The molecule has 0 bridgehead atoms. The van der Waals surface area contributed by atoms with E-state index in [4.69, 9.17) is 14.2 Å². The third kappa shape index (κ3) is 5.28. The maximum absolute atomic E-state index is 5.74. The molecule has 0 aromatic heterocycles. The van der Waals surface area contributed by atoms with Crippen LogP contribution in [0.3, 0.4) is 0 Å². The number of aliphatic imine (C=N–C) groups is 1. The van der Waals surface area contributed by atoms with E-state index in [0.29, 0.717) is 6.54 Å². The van der Waals surface area contributed by atoms with Crippen LogP contribution < -0.4 is 20.1 Å². The zero-order valence-corrected chi connectivity index (χ0v) is 15.0. The molecule has 1 unspecified atom stereocenters. The van der Waals surface area contributed by atoms with Crippen LogP contribution in [0.15, 0.2) is 23.2 Å². The molecule has 2 N–H and O–H groups in total. The van der Waals surface area contributed by atoms with Crippen molar-refractivity contribution in [2.24, 2.45) is 4.99 Å². The number of hydrogen-bond acceptors (Lipinski definition) is 5. The van der Waals surface area contributed by atoms with Crippen molar-refractivity contribution in [3.63, 3.8) is 0 Å². The van der Waals surface area contributed by atoms with Gasteiger partial charge in [-0.2, -0.15) is 0 Å². The lowest BCUT2D eigenvalue weighted by Crippen LogP contribution is -2.48. The molecule has 7 heteroatoms. The van der Waals surface area contributed by atoms with Gasteiger partial charge in [-0.1, -0.05) is 6.07 Å². The monoisotopic (exact) mass is 336 g/mol. The Morgan fingerprint density at radius 3 is 2.75 bits per heavy atom. The number of rotatable bonds is 6. The number of morpholine rings is 1. The highest BCUT2D eigenvalue weighted by Gasteiger charge is 2.17. The summed E-state index contributed by atoms with van der Waals surface area (Å²) in [7, 11) is 7.14. The van der Waals surface area contributed by atoms with E-state index in [2.05, 4.69) is 27.6 Å². The number of nitrogens with zero attached hydrogens (tertiary/aromatic N) is 2. The molecule has 134 valence electrons. The number of guanidine groups is 1. The smallest absolute Gasteiger partial charge is 0.191 e. The van der Waals surface area contributed by atoms with Crippen molar-refractivity contribution in [2.75, 3.05) is 54.6 Å². The largest absolute Gasteiger partial charge is 0.493 e. The lowest BCUT2D eigenvalue weighted by Gasteiger charge is -2.30. The summed E-state index contributed by atoms with van der Waals surface area (Å²) in [6.45, 7) is 4.07. The molecule has 0 aliphatic carbocycles. The summed E-state index contributed by atoms with van der Waals surface area (Å²) in [6, 6.07) is 5.86. The number of nitrogens with one attached hydrogen (secondary N) is 2. The second-order valence-corrected chi connectivity index (χ2v) is 5.75. The summed E-state index contributed by atoms with van der Waals surface area (Å²) in [4.78, 5) is 6.53. The molecule has 1 aromatic rings. The van der Waals surface area contributed by atoms with Crippen LogP contribution in [0.5, 0.6) is 11.5 Å². The molecule has 24 heavy (non-hydrogen) atoms. The molecule has 1 aliphatic rings.